The Morgan fingerprint density at radius 1 is 1.31 bits per heavy atom. The molecule has 26 heavy (non-hydrogen) atoms. The summed E-state index contributed by atoms with van der Waals surface area (Å²) < 4.78 is 66.3. The first-order valence-electron chi connectivity index (χ1n) is 6.39. The summed E-state index contributed by atoms with van der Waals surface area (Å²) >= 11 is 0.694. The summed E-state index contributed by atoms with van der Waals surface area (Å²) in [6, 6.07) is 0. The van der Waals surface area contributed by atoms with Crippen molar-refractivity contribution in [1.29, 1.82) is 0 Å². The minimum absolute atomic E-state index is 0.165. The van der Waals surface area contributed by atoms with Crippen LogP contribution in [0.3, 0.4) is 0 Å². The third-order valence-electron chi connectivity index (χ3n) is 2.07. The van der Waals surface area contributed by atoms with Gasteiger partial charge in [0, 0.05) is 5.38 Å². The van der Waals surface area contributed by atoms with Gasteiger partial charge < -0.3 is 9.84 Å². The number of amides is 1. The molecule has 0 aliphatic carbocycles. The van der Waals surface area contributed by atoms with Crippen molar-refractivity contribution >= 4 is 44.4 Å². The number of aliphatic carboxylic acids is 1. The van der Waals surface area contributed by atoms with Crippen LogP contribution < -0.4 is 5.32 Å². The van der Waals surface area contributed by atoms with Crippen molar-refractivity contribution in [2.45, 2.75) is 31.9 Å². The molecule has 0 unspecified atom stereocenters. The maximum Gasteiger partial charge on any atom is 0.536 e. The lowest BCUT2D eigenvalue weighted by Gasteiger charge is -2.18. The summed E-state index contributed by atoms with van der Waals surface area (Å²) in [7, 11) is -6.13. The van der Waals surface area contributed by atoms with Crippen molar-refractivity contribution in [3.63, 3.8) is 0 Å². The van der Waals surface area contributed by atoms with E-state index < -0.39 is 44.7 Å². The fraction of sp³-hybridized carbons (Fsp3) is 0.455. The zero-order valence-corrected chi connectivity index (χ0v) is 15.0. The van der Waals surface area contributed by atoms with Crippen LogP contribution in [0, 0.1) is 0 Å². The SMILES string of the molecule is CC(C)(C)OC(=O)Nc1nc(/C(=N/OS(=O)(=O)C(F)(F)F)C(=O)O)cs1. The molecule has 0 saturated carbocycles. The van der Waals surface area contributed by atoms with Gasteiger partial charge in [-0.05, 0) is 20.8 Å². The van der Waals surface area contributed by atoms with E-state index >= 15 is 0 Å². The zero-order chi connectivity index (χ0) is 20.3. The molecule has 146 valence electrons. The molecular formula is C11H12F3N3O7S2. The average Bonchev–Trinajstić information content (AvgIpc) is 2.82. The number of rotatable bonds is 5. The standard InChI is InChI=1S/C11H12F3N3O7S2/c1-10(2,3)23-9(20)16-8-15-5(4-25-8)6(7(18)19)17-24-26(21,22)11(12,13)14/h4H,1-3H3,(H,18,19)(H,15,16,20)/b17-6-. The summed E-state index contributed by atoms with van der Waals surface area (Å²) in [6.45, 7) is 4.77. The van der Waals surface area contributed by atoms with Crippen molar-refractivity contribution in [2.75, 3.05) is 5.32 Å². The quantitative estimate of drug-likeness (QED) is 0.420. The highest BCUT2D eigenvalue weighted by atomic mass is 32.2. The summed E-state index contributed by atoms with van der Waals surface area (Å²) in [5.74, 6) is -1.91. The molecular weight excluding hydrogens is 407 g/mol. The Balaban J connectivity index is 3.00. The predicted molar refractivity (Wildman–Crippen MR) is 82.2 cm³/mol. The zero-order valence-electron chi connectivity index (χ0n) is 13.3. The minimum atomic E-state index is -6.13. The van der Waals surface area contributed by atoms with Crippen molar-refractivity contribution in [3.05, 3.63) is 11.1 Å². The lowest BCUT2D eigenvalue weighted by Crippen LogP contribution is -2.27. The Kier molecular flexibility index (Phi) is 6.19. The van der Waals surface area contributed by atoms with E-state index in [4.69, 9.17) is 9.84 Å². The fourth-order valence-corrected chi connectivity index (χ4v) is 2.09. The van der Waals surface area contributed by atoms with Crippen LogP contribution in [0.25, 0.3) is 0 Å². The first-order chi connectivity index (χ1) is 11.6. The lowest BCUT2D eigenvalue weighted by atomic mass is 10.2. The van der Waals surface area contributed by atoms with E-state index in [1.54, 1.807) is 20.8 Å². The molecule has 1 aromatic heterocycles. The predicted octanol–water partition coefficient (Wildman–Crippen LogP) is 2.14. The fourth-order valence-electron chi connectivity index (χ4n) is 1.15. The number of thiazole rings is 1. The van der Waals surface area contributed by atoms with Gasteiger partial charge in [0.1, 0.15) is 11.3 Å². The smallest absolute Gasteiger partial charge is 0.476 e. The Bertz CT molecular complexity index is 825. The molecule has 0 fully saturated rings. The molecule has 1 heterocycles. The second-order valence-corrected chi connectivity index (χ2v) is 7.76. The van der Waals surface area contributed by atoms with Crippen molar-refractivity contribution in [3.8, 4) is 0 Å². The number of anilines is 1. The van der Waals surface area contributed by atoms with Gasteiger partial charge in [0.05, 0.1) is 0 Å². The van der Waals surface area contributed by atoms with Crippen LogP contribution in [0.2, 0.25) is 0 Å². The first kappa shape index (κ1) is 21.6. The Hall–Kier alpha value is -2.42. The average molecular weight is 419 g/mol. The van der Waals surface area contributed by atoms with E-state index in [0.29, 0.717) is 11.3 Å². The number of nitrogens with zero attached hydrogens (tertiary/aromatic N) is 2. The molecule has 1 amide bonds. The third kappa shape index (κ3) is 6.14. The summed E-state index contributed by atoms with van der Waals surface area (Å²) in [5.41, 5.74) is -8.36. The van der Waals surface area contributed by atoms with E-state index in [9.17, 15) is 31.2 Å². The minimum Gasteiger partial charge on any atom is -0.476 e. The Labute approximate surface area is 148 Å². The molecule has 1 rings (SSSR count). The number of carbonyl (C=O) groups excluding carboxylic acids is 1. The van der Waals surface area contributed by atoms with Crippen molar-refractivity contribution in [1.82, 2.24) is 4.98 Å². The molecule has 0 aromatic carbocycles. The number of ether oxygens (including phenoxy) is 1. The molecule has 0 radical (unpaired) electrons. The number of alkyl halides is 3. The molecule has 0 aliphatic heterocycles. The summed E-state index contributed by atoms with van der Waals surface area (Å²) in [4.78, 5) is 26.2. The van der Waals surface area contributed by atoms with Crippen LogP contribution >= 0.6 is 11.3 Å². The van der Waals surface area contributed by atoms with E-state index in [1.807, 2.05) is 0 Å². The number of hydrogen-bond donors (Lipinski definition) is 2. The van der Waals surface area contributed by atoms with Crippen molar-refractivity contribution in [2.24, 2.45) is 5.16 Å². The second-order valence-electron chi connectivity index (χ2n) is 5.38. The highest BCUT2D eigenvalue weighted by Crippen LogP contribution is 2.25. The van der Waals surface area contributed by atoms with Crippen LogP contribution in [0.1, 0.15) is 26.5 Å². The second kappa shape index (κ2) is 7.45. The van der Waals surface area contributed by atoms with Gasteiger partial charge in [-0.25, -0.2) is 14.6 Å². The molecule has 0 atom stereocenters. The molecule has 10 nitrogen and oxygen atoms in total. The number of oxime groups is 1. The molecule has 15 heteroatoms. The van der Waals surface area contributed by atoms with Crippen LogP contribution in [-0.2, 0) is 23.9 Å². The van der Waals surface area contributed by atoms with Crippen LogP contribution in [0.4, 0.5) is 23.1 Å². The van der Waals surface area contributed by atoms with Crippen LogP contribution in [0.15, 0.2) is 10.5 Å². The van der Waals surface area contributed by atoms with Gasteiger partial charge in [0.25, 0.3) is 0 Å². The van der Waals surface area contributed by atoms with Gasteiger partial charge in [-0.15, -0.1) is 11.3 Å². The Morgan fingerprint density at radius 3 is 2.35 bits per heavy atom. The largest absolute Gasteiger partial charge is 0.536 e. The Morgan fingerprint density at radius 2 is 1.88 bits per heavy atom. The lowest BCUT2D eigenvalue weighted by molar-refractivity contribution is -0.129. The van der Waals surface area contributed by atoms with Crippen LogP contribution in [-0.4, -0.2) is 47.4 Å². The number of halogens is 3. The number of aromatic nitrogens is 1. The molecule has 0 spiro atoms. The summed E-state index contributed by atoms with van der Waals surface area (Å²) in [5, 5.41) is 14.4. The van der Waals surface area contributed by atoms with Gasteiger partial charge >= 0.3 is 27.7 Å². The number of nitrogens with one attached hydrogen (secondary N) is 1. The van der Waals surface area contributed by atoms with Gasteiger partial charge in [-0.3, -0.25) is 9.60 Å². The molecule has 0 aliphatic rings. The maximum absolute atomic E-state index is 12.2. The monoisotopic (exact) mass is 419 g/mol. The number of carboxylic acid groups (broad SMARTS) is 1. The maximum atomic E-state index is 12.2. The van der Waals surface area contributed by atoms with Crippen molar-refractivity contribution < 1.29 is 45.3 Å². The number of carboxylic acids is 1. The molecule has 2 N–H and O–H groups in total. The van der Waals surface area contributed by atoms with Gasteiger partial charge in [0.15, 0.2) is 5.13 Å². The van der Waals surface area contributed by atoms with Crippen LogP contribution in [0.5, 0.6) is 0 Å². The van der Waals surface area contributed by atoms with E-state index in [0.717, 1.165) is 5.38 Å². The van der Waals surface area contributed by atoms with E-state index in [1.165, 1.54) is 0 Å². The van der Waals surface area contributed by atoms with E-state index in [2.05, 4.69) is 19.7 Å². The molecule has 0 bridgehead atoms. The third-order valence-corrected chi connectivity index (χ3v) is 3.66. The van der Waals surface area contributed by atoms with Gasteiger partial charge in [-0.1, -0.05) is 5.16 Å². The highest BCUT2D eigenvalue weighted by molar-refractivity contribution is 7.87. The van der Waals surface area contributed by atoms with Gasteiger partial charge in [0.2, 0.25) is 5.71 Å². The van der Waals surface area contributed by atoms with Gasteiger partial charge in [-0.2, -0.15) is 21.6 Å². The molecule has 1 aromatic rings. The summed E-state index contributed by atoms with van der Waals surface area (Å²) in [6.07, 6.45) is -0.914. The number of hydrogen-bond acceptors (Lipinski definition) is 9. The highest BCUT2D eigenvalue weighted by Gasteiger charge is 2.49. The van der Waals surface area contributed by atoms with E-state index in [-0.39, 0.29) is 5.13 Å². The number of carbonyl (C=O) groups is 2. The topological polar surface area (TPSA) is 144 Å². The first-order valence-corrected chi connectivity index (χ1v) is 8.68. The molecule has 0 saturated heterocycles. The normalized spacial score (nSPS) is 13.2.